The van der Waals surface area contributed by atoms with Crippen LogP contribution < -0.4 is 0 Å². The molecule has 0 N–H and O–H groups in total. The van der Waals surface area contributed by atoms with Gasteiger partial charge in [0, 0.05) is 12.1 Å². The molecule has 0 aromatic carbocycles. The van der Waals surface area contributed by atoms with Gasteiger partial charge in [-0.1, -0.05) is 19.3 Å². The van der Waals surface area contributed by atoms with Crippen molar-refractivity contribution in [1.29, 1.82) is 0 Å². The van der Waals surface area contributed by atoms with E-state index in [0.717, 1.165) is 12.3 Å². The Morgan fingerprint density at radius 2 is 2.06 bits per heavy atom. The van der Waals surface area contributed by atoms with Gasteiger partial charge in [0.1, 0.15) is 0 Å². The molecular weight excluding hydrogens is 232 g/mol. The highest BCUT2D eigenvalue weighted by atomic mass is 35.5. The molecule has 0 radical (unpaired) electrons. The van der Waals surface area contributed by atoms with E-state index in [9.17, 15) is 0 Å². The molecule has 3 rings (SSSR count). The van der Waals surface area contributed by atoms with Gasteiger partial charge >= 0.3 is 0 Å². The lowest BCUT2D eigenvalue weighted by atomic mass is 9.67. The van der Waals surface area contributed by atoms with Gasteiger partial charge in [0.15, 0.2) is 0 Å². The van der Waals surface area contributed by atoms with E-state index in [1.54, 1.807) is 0 Å². The Balaban J connectivity index is 1.67. The highest BCUT2D eigenvalue weighted by molar-refractivity contribution is 6.18. The highest BCUT2D eigenvalue weighted by Crippen LogP contribution is 2.44. The van der Waals surface area contributed by atoms with Crippen molar-refractivity contribution in [3.63, 3.8) is 0 Å². The first-order valence-electron chi connectivity index (χ1n) is 6.91. The van der Waals surface area contributed by atoms with E-state index >= 15 is 0 Å². The van der Waals surface area contributed by atoms with E-state index in [2.05, 4.69) is 16.9 Å². The lowest BCUT2D eigenvalue weighted by Crippen LogP contribution is -2.33. The molecule has 0 bridgehead atoms. The molecular formula is C14H21ClN2. The molecule has 1 heterocycles. The Hall–Kier alpha value is -0.500. The fourth-order valence-electron chi connectivity index (χ4n) is 3.26. The molecule has 3 heteroatoms. The fourth-order valence-corrected chi connectivity index (χ4v) is 3.62. The molecule has 2 aliphatic rings. The van der Waals surface area contributed by atoms with Crippen LogP contribution in [0, 0.1) is 5.41 Å². The summed E-state index contributed by atoms with van der Waals surface area (Å²) in [6.07, 6.45) is 12.5. The molecule has 94 valence electrons. The average Bonchev–Trinajstić information content (AvgIpc) is 2.94. The van der Waals surface area contributed by atoms with Gasteiger partial charge in [0.2, 0.25) is 0 Å². The minimum absolute atomic E-state index is 0.371. The molecule has 1 aromatic heterocycles. The van der Waals surface area contributed by atoms with Crippen LogP contribution in [0.1, 0.15) is 56.7 Å². The Kier molecular flexibility index (Phi) is 3.16. The van der Waals surface area contributed by atoms with Crippen molar-refractivity contribution < 1.29 is 0 Å². The predicted molar refractivity (Wildman–Crippen MR) is 70.4 cm³/mol. The largest absolute Gasteiger partial charge is 0.269 e. The van der Waals surface area contributed by atoms with Crippen LogP contribution in [0.25, 0.3) is 0 Å². The zero-order chi connectivity index (χ0) is 11.7. The minimum atomic E-state index is 0.371. The average molecular weight is 253 g/mol. The van der Waals surface area contributed by atoms with Crippen molar-refractivity contribution in [3.8, 4) is 0 Å². The second kappa shape index (κ2) is 4.64. The molecule has 0 aliphatic heterocycles. The zero-order valence-electron chi connectivity index (χ0n) is 10.4. The summed E-state index contributed by atoms with van der Waals surface area (Å²) in [5.41, 5.74) is 1.62. The van der Waals surface area contributed by atoms with Crippen LogP contribution >= 0.6 is 11.6 Å². The third kappa shape index (κ3) is 2.24. The van der Waals surface area contributed by atoms with Crippen molar-refractivity contribution in [1.82, 2.24) is 9.78 Å². The van der Waals surface area contributed by atoms with Gasteiger partial charge in [-0.25, -0.2) is 0 Å². The maximum absolute atomic E-state index is 6.11. The molecule has 17 heavy (non-hydrogen) atoms. The van der Waals surface area contributed by atoms with Gasteiger partial charge in [-0.2, -0.15) is 5.10 Å². The first-order valence-corrected chi connectivity index (χ1v) is 7.45. The summed E-state index contributed by atoms with van der Waals surface area (Å²) in [5.74, 6) is 0.795. The van der Waals surface area contributed by atoms with Crippen molar-refractivity contribution in [2.75, 3.05) is 5.88 Å². The number of alkyl halides is 1. The second-order valence-electron chi connectivity index (χ2n) is 5.89. The summed E-state index contributed by atoms with van der Waals surface area (Å²) in [6, 6.07) is 2.86. The summed E-state index contributed by atoms with van der Waals surface area (Å²) in [7, 11) is 0. The van der Waals surface area contributed by atoms with E-state index in [4.69, 9.17) is 16.7 Å². The summed E-state index contributed by atoms with van der Waals surface area (Å²) < 4.78 is 2.20. The molecule has 0 atom stereocenters. The monoisotopic (exact) mass is 252 g/mol. The van der Waals surface area contributed by atoms with E-state index in [-0.39, 0.29) is 0 Å². The Bertz CT molecular complexity index is 370. The van der Waals surface area contributed by atoms with Crippen molar-refractivity contribution in [2.24, 2.45) is 5.41 Å². The smallest absolute Gasteiger partial charge is 0.0630 e. The maximum atomic E-state index is 6.11. The van der Waals surface area contributed by atoms with Crippen LogP contribution in [0.5, 0.6) is 0 Å². The van der Waals surface area contributed by atoms with E-state index in [1.165, 1.54) is 50.6 Å². The van der Waals surface area contributed by atoms with Crippen LogP contribution in [0.3, 0.4) is 0 Å². The van der Waals surface area contributed by atoms with Crippen LogP contribution in [0.4, 0.5) is 0 Å². The van der Waals surface area contributed by atoms with Gasteiger partial charge in [-0.05, 0) is 43.6 Å². The summed E-state index contributed by atoms with van der Waals surface area (Å²) in [6.45, 7) is 0. The standard InChI is InChI=1S/C14H21ClN2/c15-11-14(7-3-8-14)10-12-6-9-17(16-12)13-4-1-2-5-13/h6,9,13H,1-5,7-8,10-11H2. The summed E-state index contributed by atoms with van der Waals surface area (Å²) >= 11 is 6.11. The number of hydrogen-bond donors (Lipinski definition) is 0. The highest BCUT2D eigenvalue weighted by Gasteiger charge is 2.36. The van der Waals surface area contributed by atoms with Crippen molar-refractivity contribution in [2.45, 2.75) is 57.4 Å². The van der Waals surface area contributed by atoms with Crippen molar-refractivity contribution in [3.05, 3.63) is 18.0 Å². The van der Waals surface area contributed by atoms with E-state index in [0.29, 0.717) is 11.5 Å². The molecule has 2 saturated carbocycles. The van der Waals surface area contributed by atoms with E-state index in [1.807, 2.05) is 0 Å². The normalized spacial score (nSPS) is 23.8. The molecule has 0 unspecified atom stereocenters. The lowest BCUT2D eigenvalue weighted by Gasteiger charge is -2.39. The first-order chi connectivity index (χ1) is 8.31. The second-order valence-corrected chi connectivity index (χ2v) is 6.16. The topological polar surface area (TPSA) is 17.8 Å². The Morgan fingerprint density at radius 3 is 2.65 bits per heavy atom. The van der Waals surface area contributed by atoms with Crippen LogP contribution in [-0.2, 0) is 6.42 Å². The van der Waals surface area contributed by atoms with Crippen LogP contribution in [0.15, 0.2) is 12.3 Å². The Morgan fingerprint density at radius 1 is 1.29 bits per heavy atom. The fraction of sp³-hybridized carbons (Fsp3) is 0.786. The lowest BCUT2D eigenvalue weighted by molar-refractivity contribution is 0.164. The van der Waals surface area contributed by atoms with Gasteiger partial charge < -0.3 is 0 Å². The number of halogens is 1. The Labute approximate surface area is 108 Å². The first kappa shape index (κ1) is 11.6. The number of hydrogen-bond acceptors (Lipinski definition) is 1. The van der Waals surface area contributed by atoms with Gasteiger partial charge in [0.05, 0.1) is 11.7 Å². The molecule has 0 amide bonds. The molecule has 0 spiro atoms. The van der Waals surface area contributed by atoms with Gasteiger partial charge in [-0.3, -0.25) is 4.68 Å². The third-order valence-electron chi connectivity index (χ3n) is 4.62. The number of aromatic nitrogens is 2. The summed E-state index contributed by atoms with van der Waals surface area (Å²) in [4.78, 5) is 0. The van der Waals surface area contributed by atoms with E-state index < -0.39 is 0 Å². The SMILES string of the molecule is ClCC1(Cc2ccn(C3CCCC3)n2)CCC1. The molecule has 2 fully saturated rings. The maximum Gasteiger partial charge on any atom is 0.0630 e. The summed E-state index contributed by atoms with van der Waals surface area (Å²) in [5, 5.41) is 4.77. The minimum Gasteiger partial charge on any atom is -0.269 e. The molecule has 2 aliphatic carbocycles. The quantitative estimate of drug-likeness (QED) is 0.742. The van der Waals surface area contributed by atoms with Crippen LogP contribution in [-0.4, -0.2) is 15.7 Å². The van der Waals surface area contributed by atoms with Crippen molar-refractivity contribution >= 4 is 11.6 Å². The van der Waals surface area contributed by atoms with Gasteiger partial charge in [0.25, 0.3) is 0 Å². The van der Waals surface area contributed by atoms with Gasteiger partial charge in [-0.15, -0.1) is 11.6 Å². The predicted octanol–water partition coefficient (Wildman–Crippen LogP) is 3.95. The zero-order valence-corrected chi connectivity index (χ0v) is 11.1. The molecule has 1 aromatic rings. The van der Waals surface area contributed by atoms with Crippen LogP contribution in [0.2, 0.25) is 0 Å². The number of rotatable bonds is 4. The third-order valence-corrected chi connectivity index (χ3v) is 5.18. The number of nitrogens with zero attached hydrogens (tertiary/aromatic N) is 2. The molecule has 2 nitrogen and oxygen atoms in total. The molecule has 0 saturated heterocycles.